The van der Waals surface area contributed by atoms with Gasteiger partial charge < -0.3 is 4.43 Å². The summed E-state index contributed by atoms with van der Waals surface area (Å²) in [5.41, 5.74) is 1.27. The van der Waals surface area contributed by atoms with E-state index in [1.807, 2.05) is 0 Å². The Morgan fingerprint density at radius 3 is 1.81 bits per heavy atom. The van der Waals surface area contributed by atoms with Gasteiger partial charge in [0.1, 0.15) is 0 Å². The molecule has 0 aromatic heterocycles. The second kappa shape index (κ2) is 5.52. The van der Waals surface area contributed by atoms with Crippen molar-refractivity contribution >= 4 is 8.32 Å². The van der Waals surface area contributed by atoms with E-state index in [1.165, 1.54) is 11.6 Å². The minimum absolute atomic E-state index is 0.0974. The molecule has 0 aliphatic carbocycles. The molecule has 1 aliphatic heterocycles. The van der Waals surface area contributed by atoms with Crippen molar-refractivity contribution in [3.8, 4) is 0 Å². The lowest BCUT2D eigenvalue weighted by atomic mass is 9.81. The van der Waals surface area contributed by atoms with Crippen molar-refractivity contribution in [1.82, 2.24) is 0 Å². The molecule has 0 radical (unpaired) electrons. The Labute approximate surface area is 134 Å². The normalized spacial score (nSPS) is 29.8. The highest BCUT2D eigenvalue weighted by molar-refractivity contribution is 6.80. The first-order valence-corrected chi connectivity index (χ1v) is 10.6. The van der Waals surface area contributed by atoms with Gasteiger partial charge in [-0.15, -0.1) is 0 Å². The molecule has 1 rings (SSSR count). The predicted molar refractivity (Wildman–Crippen MR) is 97.2 cm³/mol. The van der Waals surface area contributed by atoms with E-state index < -0.39 is 8.32 Å². The molecule has 1 nitrogen and oxygen atoms in total. The lowest BCUT2D eigenvalue weighted by Crippen LogP contribution is -2.53. The van der Waals surface area contributed by atoms with Crippen LogP contribution in [0.25, 0.3) is 0 Å². The summed E-state index contributed by atoms with van der Waals surface area (Å²) in [6.45, 7) is 25.8. The SMILES string of the molecule is CC(C)=C[C@@]1(C)O[Si](C(C)(C)C)(C(C)(C)C)C[C@@H]1C(C)C. The number of hydrogen-bond acceptors (Lipinski definition) is 1. The molecule has 2 heteroatoms. The molecular weight excluding hydrogens is 272 g/mol. The van der Waals surface area contributed by atoms with Crippen LogP contribution in [0.5, 0.6) is 0 Å². The van der Waals surface area contributed by atoms with Gasteiger partial charge in [0.25, 0.3) is 0 Å². The fraction of sp³-hybridized carbons (Fsp3) is 0.895. The minimum Gasteiger partial charge on any atom is -0.407 e. The van der Waals surface area contributed by atoms with E-state index in [4.69, 9.17) is 4.43 Å². The smallest absolute Gasteiger partial charge is 0.204 e. The lowest BCUT2D eigenvalue weighted by Gasteiger charge is -2.49. The molecule has 21 heavy (non-hydrogen) atoms. The maximum absolute atomic E-state index is 7.11. The first-order chi connectivity index (χ1) is 9.16. The van der Waals surface area contributed by atoms with Crippen LogP contribution in [-0.4, -0.2) is 13.9 Å². The van der Waals surface area contributed by atoms with Crippen molar-refractivity contribution in [1.29, 1.82) is 0 Å². The van der Waals surface area contributed by atoms with Crippen LogP contribution in [0.2, 0.25) is 16.1 Å². The second-order valence-electron chi connectivity index (χ2n) is 9.89. The standard InChI is InChI=1S/C19H38OSi/c1-14(2)12-19(11)16(15(3)4)13-21(20-19,17(5,6)7)18(8,9)10/h12,15-16H,13H2,1-11H3/t16-,19-/m1/s1. The Morgan fingerprint density at radius 1 is 1.10 bits per heavy atom. The van der Waals surface area contributed by atoms with Crippen molar-refractivity contribution in [3.05, 3.63) is 11.6 Å². The zero-order valence-corrected chi connectivity index (χ0v) is 17.3. The molecule has 0 N–H and O–H groups in total. The molecular formula is C19H38OSi. The Balaban J connectivity index is 3.45. The summed E-state index contributed by atoms with van der Waals surface area (Å²) in [7, 11) is -1.91. The highest BCUT2D eigenvalue weighted by Gasteiger charge is 2.64. The summed E-state index contributed by atoms with van der Waals surface area (Å²) in [6, 6.07) is 1.28. The van der Waals surface area contributed by atoms with Crippen LogP contribution < -0.4 is 0 Å². The van der Waals surface area contributed by atoms with Crippen LogP contribution >= 0.6 is 0 Å². The van der Waals surface area contributed by atoms with Crippen LogP contribution in [-0.2, 0) is 4.43 Å². The van der Waals surface area contributed by atoms with Crippen LogP contribution in [0, 0.1) is 11.8 Å². The highest BCUT2D eigenvalue weighted by Crippen LogP contribution is 2.62. The molecule has 2 atom stereocenters. The van der Waals surface area contributed by atoms with Gasteiger partial charge in [0.05, 0.1) is 5.60 Å². The molecule has 1 fully saturated rings. The van der Waals surface area contributed by atoms with Crippen LogP contribution in [0.15, 0.2) is 11.6 Å². The molecule has 1 aliphatic rings. The van der Waals surface area contributed by atoms with E-state index in [-0.39, 0.29) is 15.7 Å². The fourth-order valence-electron chi connectivity index (χ4n) is 4.66. The van der Waals surface area contributed by atoms with Crippen molar-refractivity contribution in [2.45, 2.75) is 97.9 Å². The Kier molecular flexibility index (Phi) is 4.99. The quantitative estimate of drug-likeness (QED) is 0.414. The largest absolute Gasteiger partial charge is 0.407 e. The number of hydrogen-bond donors (Lipinski definition) is 0. The molecule has 1 saturated heterocycles. The molecule has 0 spiro atoms. The molecule has 124 valence electrons. The zero-order valence-electron chi connectivity index (χ0n) is 16.3. The highest BCUT2D eigenvalue weighted by atomic mass is 28.4. The third-order valence-corrected chi connectivity index (χ3v) is 12.1. The molecule has 0 aromatic rings. The molecule has 0 amide bonds. The number of allylic oxidation sites excluding steroid dienone is 1. The first kappa shape index (κ1) is 19.0. The van der Waals surface area contributed by atoms with Gasteiger partial charge in [0.2, 0.25) is 8.32 Å². The van der Waals surface area contributed by atoms with Gasteiger partial charge in [-0.1, -0.05) is 67.0 Å². The predicted octanol–water partition coefficient (Wildman–Crippen LogP) is 6.56. The Morgan fingerprint density at radius 2 is 1.52 bits per heavy atom. The van der Waals surface area contributed by atoms with Crippen LogP contribution in [0.1, 0.15) is 76.2 Å². The lowest BCUT2D eigenvalue weighted by molar-refractivity contribution is 0.0794. The van der Waals surface area contributed by atoms with Crippen molar-refractivity contribution < 1.29 is 4.43 Å². The van der Waals surface area contributed by atoms with Crippen LogP contribution in [0.4, 0.5) is 0 Å². The van der Waals surface area contributed by atoms with E-state index in [0.29, 0.717) is 11.8 Å². The summed E-state index contributed by atoms with van der Waals surface area (Å²) in [5, 5.41) is 0.511. The average molecular weight is 311 g/mol. The van der Waals surface area contributed by atoms with Gasteiger partial charge in [-0.3, -0.25) is 0 Å². The summed E-state index contributed by atoms with van der Waals surface area (Å²) in [4.78, 5) is 0. The number of rotatable bonds is 2. The van der Waals surface area contributed by atoms with E-state index in [1.54, 1.807) is 0 Å². The van der Waals surface area contributed by atoms with Gasteiger partial charge in [0.15, 0.2) is 0 Å². The van der Waals surface area contributed by atoms with Crippen molar-refractivity contribution in [2.75, 3.05) is 0 Å². The Bertz CT molecular complexity index is 390. The topological polar surface area (TPSA) is 9.23 Å². The Hall–Kier alpha value is -0.0831. The second-order valence-corrected chi connectivity index (χ2v) is 15.2. The summed E-state index contributed by atoms with van der Waals surface area (Å²) < 4.78 is 7.11. The molecule has 0 saturated carbocycles. The third-order valence-electron chi connectivity index (χ3n) is 5.44. The van der Waals surface area contributed by atoms with Gasteiger partial charge in [-0.2, -0.15) is 0 Å². The van der Waals surface area contributed by atoms with Crippen molar-refractivity contribution in [2.24, 2.45) is 11.8 Å². The first-order valence-electron chi connectivity index (χ1n) is 8.52. The van der Waals surface area contributed by atoms with Gasteiger partial charge >= 0.3 is 0 Å². The van der Waals surface area contributed by atoms with E-state index >= 15 is 0 Å². The van der Waals surface area contributed by atoms with Gasteiger partial charge in [-0.25, -0.2) is 0 Å². The van der Waals surface area contributed by atoms with Crippen molar-refractivity contribution in [3.63, 3.8) is 0 Å². The molecule has 1 heterocycles. The minimum atomic E-state index is -1.91. The summed E-state index contributed by atoms with van der Waals surface area (Å²) in [5.74, 6) is 1.28. The van der Waals surface area contributed by atoms with Gasteiger partial charge in [-0.05, 0) is 48.7 Å². The van der Waals surface area contributed by atoms with E-state index in [0.717, 1.165) is 0 Å². The molecule has 0 unspecified atom stereocenters. The zero-order chi connectivity index (χ0) is 16.9. The van der Waals surface area contributed by atoms with E-state index in [2.05, 4.69) is 82.2 Å². The monoisotopic (exact) mass is 310 g/mol. The summed E-state index contributed by atoms with van der Waals surface area (Å²) in [6.07, 6.45) is 2.39. The van der Waals surface area contributed by atoms with Gasteiger partial charge in [0, 0.05) is 0 Å². The summed E-state index contributed by atoms with van der Waals surface area (Å²) >= 11 is 0. The molecule has 0 aromatic carbocycles. The maximum atomic E-state index is 7.11. The fourth-order valence-corrected chi connectivity index (χ4v) is 11.3. The average Bonchev–Trinajstić information content (AvgIpc) is 2.49. The molecule has 0 bridgehead atoms. The third kappa shape index (κ3) is 3.31. The maximum Gasteiger partial charge on any atom is 0.204 e. The van der Waals surface area contributed by atoms with E-state index in [9.17, 15) is 0 Å². The van der Waals surface area contributed by atoms with Crippen LogP contribution in [0.3, 0.4) is 0 Å².